The van der Waals surface area contributed by atoms with E-state index in [-0.39, 0.29) is 10.8 Å². The largest absolute Gasteiger partial charge is 0.493 e. The number of ether oxygens (including phenoxy) is 2. The topological polar surface area (TPSA) is 84.9 Å². The zero-order chi connectivity index (χ0) is 19.3. The zero-order valence-electron chi connectivity index (χ0n) is 15.1. The summed E-state index contributed by atoms with van der Waals surface area (Å²) in [7, 11) is 0.951. The molecule has 0 aliphatic rings. The van der Waals surface area contributed by atoms with Crippen molar-refractivity contribution in [1.82, 2.24) is 4.31 Å². The van der Waals surface area contributed by atoms with E-state index in [0.717, 1.165) is 4.31 Å². The molecule has 0 radical (unpaired) electrons. The lowest BCUT2D eigenvalue weighted by molar-refractivity contribution is 0.102. The first-order valence-electron chi connectivity index (χ1n) is 7.94. The smallest absolute Gasteiger partial charge is 0.255 e. The maximum atomic E-state index is 12.4. The van der Waals surface area contributed by atoms with Crippen molar-refractivity contribution in [2.24, 2.45) is 0 Å². The molecular formula is C18H22N2O5S. The number of anilines is 1. The van der Waals surface area contributed by atoms with Crippen LogP contribution < -0.4 is 14.8 Å². The first-order valence-corrected chi connectivity index (χ1v) is 9.38. The van der Waals surface area contributed by atoms with Gasteiger partial charge in [-0.2, -0.15) is 0 Å². The molecule has 0 atom stereocenters. The van der Waals surface area contributed by atoms with E-state index in [0.29, 0.717) is 29.4 Å². The van der Waals surface area contributed by atoms with E-state index >= 15 is 0 Å². The molecule has 140 valence electrons. The van der Waals surface area contributed by atoms with Crippen molar-refractivity contribution in [2.45, 2.75) is 11.8 Å². The van der Waals surface area contributed by atoms with Gasteiger partial charge in [0.25, 0.3) is 5.91 Å². The van der Waals surface area contributed by atoms with Gasteiger partial charge in [-0.3, -0.25) is 4.79 Å². The van der Waals surface area contributed by atoms with Crippen molar-refractivity contribution in [3.05, 3.63) is 48.0 Å². The normalized spacial score (nSPS) is 11.3. The van der Waals surface area contributed by atoms with Gasteiger partial charge >= 0.3 is 0 Å². The lowest BCUT2D eigenvalue weighted by Gasteiger charge is -2.13. The van der Waals surface area contributed by atoms with Crippen molar-refractivity contribution in [3.63, 3.8) is 0 Å². The number of sulfonamides is 1. The fraction of sp³-hybridized carbons (Fsp3) is 0.278. The highest BCUT2D eigenvalue weighted by Gasteiger charge is 2.17. The number of methoxy groups -OCH3 is 1. The molecule has 0 saturated carbocycles. The Morgan fingerprint density at radius 1 is 1.08 bits per heavy atom. The summed E-state index contributed by atoms with van der Waals surface area (Å²) in [6, 6.07) is 10.9. The standard InChI is InChI=1S/C18H22N2O5S/c1-5-25-17-12-13(6-11-16(17)24-4)18(21)19-14-7-9-15(10-8-14)26(22,23)20(2)3/h6-12H,5H2,1-4H3,(H,19,21). The van der Waals surface area contributed by atoms with E-state index in [4.69, 9.17) is 9.47 Å². The van der Waals surface area contributed by atoms with Crippen LogP contribution in [-0.4, -0.2) is 46.4 Å². The number of benzene rings is 2. The molecule has 0 fully saturated rings. The van der Waals surface area contributed by atoms with Gasteiger partial charge in [-0.25, -0.2) is 12.7 Å². The Morgan fingerprint density at radius 2 is 1.73 bits per heavy atom. The molecule has 2 aromatic rings. The average molecular weight is 378 g/mol. The molecule has 7 nitrogen and oxygen atoms in total. The Labute approximate surface area is 153 Å². The molecule has 1 N–H and O–H groups in total. The molecular weight excluding hydrogens is 356 g/mol. The molecule has 0 aliphatic heterocycles. The van der Waals surface area contributed by atoms with Gasteiger partial charge in [0.15, 0.2) is 11.5 Å². The molecule has 0 bridgehead atoms. The SMILES string of the molecule is CCOc1cc(C(=O)Nc2ccc(S(=O)(=O)N(C)C)cc2)ccc1OC. The third-order valence-electron chi connectivity index (χ3n) is 3.62. The number of rotatable bonds is 7. The second kappa shape index (κ2) is 8.20. The lowest BCUT2D eigenvalue weighted by atomic mass is 10.2. The van der Waals surface area contributed by atoms with Crippen molar-refractivity contribution in [2.75, 3.05) is 33.1 Å². The van der Waals surface area contributed by atoms with E-state index in [1.54, 1.807) is 30.3 Å². The number of nitrogens with zero attached hydrogens (tertiary/aromatic N) is 1. The Morgan fingerprint density at radius 3 is 2.27 bits per heavy atom. The van der Waals surface area contributed by atoms with Crippen LogP contribution >= 0.6 is 0 Å². The fourth-order valence-corrected chi connectivity index (χ4v) is 3.11. The van der Waals surface area contributed by atoms with Crippen LogP contribution in [0.25, 0.3) is 0 Å². The van der Waals surface area contributed by atoms with Crippen LogP contribution in [0.2, 0.25) is 0 Å². The van der Waals surface area contributed by atoms with Crippen LogP contribution in [0.1, 0.15) is 17.3 Å². The summed E-state index contributed by atoms with van der Waals surface area (Å²) in [5.74, 6) is 0.688. The number of nitrogens with one attached hydrogen (secondary N) is 1. The van der Waals surface area contributed by atoms with Crippen molar-refractivity contribution in [1.29, 1.82) is 0 Å². The molecule has 0 aliphatic carbocycles. The lowest BCUT2D eigenvalue weighted by Crippen LogP contribution is -2.22. The third-order valence-corrected chi connectivity index (χ3v) is 5.45. The van der Waals surface area contributed by atoms with E-state index in [2.05, 4.69) is 5.32 Å². The predicted octanol–water partition coefficient (Wildman–Crippen LogP) is 2.60. The number of carbonyl (C=O) groups is 1. The van der Waals surface area contributed by atoms with E-state index < -0.39 is 10.0 Å². The number of carbonyl (C=O) groups excluding carboxylic acids is 1. The van der Waals surface area contributed by atoms with Crippen LogP contribution in [0.4, 0.5) is 5.69 Å². The van der Waals surface area contributed by atoms with E-state index in [1.807, 2.05) is 6.92 Å². The summed E-state index contributed by atoms with van der Waals surface area (Å²) in [6.45, 7) is 2.29. The summed E-state index contributed by atoms with van der Waals surface area (Å²) in [5.41, 5.74) is 0.890. The molecule has 0 heterocycles. The maximum absolute atomic E-state index is 12.4. The van der Waals surface area contributed by atoms with E-state index in [9.17, 15) is 13.2 Å². The third kappa shape index (κ3) is 4.33. The minimum Gasteiger partial charge on any atom is -0.493 e. The first kappa shape index (κ1) is 19.7. The summed E-state index contributed by atoms with van der Waals surface area (Å²) in [5, 5.41) is 2.73. The molecule has 8 heteroatoms. The molecule has 2 aromatic carbocycles. The molecule has 0 saturated heterocycles. The molecule has 0 spiro atoms. The summed E-state index contributed by atoms with van der Waals surface area (Å²) in [6.07, 6.45) is 0. The average Bonchev–Trinajstić information content (AvgIpc) is 2.62. The summed E-state index contributed by atoms with van der Waals surface area (Å²) < 4.78 is 35.9. The second-order valence-corrected chi connectivity index (χ2v) is 7.72. The van der Waals surface area contributed by atoms with Gasteiger partial charge in [0.1, 0.15) is 0 Å². The quantitative estimate of drug-likeness (QED) is 0.800. The van der Waals surface area contributed by atoms with Crippen LogP contribution in [0.3, 0.4) is 0 Å². The highest BCUT2D eigenvalue weighted by atomic mass is 32.2. The van der Waals surface area contributed by atoms with Gasteiger partial charge in [0.05, 0.1) is 18.6 Å². The number of hydrogen-bond donors (Lipinski definition) is 1. The van der Waals surface area contributed by atoms with Crippen LogP contribution in [0, 0.1) is 0 Å². The molecule has 1 amide bonds. The van der Waals surface area contributed by atoms with Gasteiger partial charge in [-0.05, 0) is 49.4 Å². The summed E-state index contributed by atoms with van der Waals surface area (Å²) >= 11 is 0. The molecule has 0 aromatic heterocycles. The van der Waals surface area contributed by atoms with Gasteiger partial charge in [-0.15, -0.1) is 0 Å². The Hall–Kier alpha value is -2.58. The zero-order valence-corrected chi connectivity index (χ0v) is 16.0. The van der Waals surface area contributed by atoms with Crippen molar-refractivity contribution >= 4 is 21.6 Å². The molecule has 0 unspecified atom stereocenters. The van der Waals surface area contributed by atoms with Gasteiger partial charge in [0.2, 0.25) is 10.0 Å². The van der Waals surface area contributed by atoms with Crippen LogP contribution in [0.15, 0.2) is 47.4 Å². The van der Waals surface area contributed by atoms with E-state index in [1.165, 1.54) is 33.3 Å². The maximum Gasteiger partial charge on any atom is 0.255 e. The fourth-order valence-electron chi connectivity index (χ4n) is 2.21. The number of hydrogen-bond acceptors (Lipinski definition) is 5. The molecule has 26 heavy (non-hydrogen) atoms. The Kier molecular flexibility index (Phi) is 6.23. The van der Waals surface area contributed by atoms with Gasteiger partial charge in [0, 0.05) is 25.3 Å². The Balaban J connectivity index is 2.19. The highest BCUT2D eigenvalue weighted by Crippen LogP contribution is 2.28. The minimum atomic E-state index is -3.50. The van der Waals surface area contributed by atoms with Crippen LogP contribution in [-0.2, 0) is 10.0 Å². The van der Waals surface area contributed by atoms with Crippen molar-refractivity contribution in [3.8, 4) is 11.5 Å². The summed E-state index contributed by atoms with van der Waals surface area (Å²) in [4.78, 5) is 12.6. The predicted molar refractivity (Wildman–Crippen MR) is 99.4 cm³/mol. The van der Waals surface area contributed by atoms with Gasteiger partial charge < -0.3 is 14.8 Å². The van der Waals surface area contributed by atoms with Crippen molar-refractivity contribution < 1.29 is 22.7 Å². The van der Waals surface area contributed by atoms with Gasteiger partial charge in [-0.1, -0.05) is 0 Å². The Bertz CT molecular complexity index is 877. The second-order valence-electron chi connectivity index (χ2n) is 5.56. The highest BCUT2D eigenvalue weighted by molar-refractivity contribution is 7.89. The first-order chi connectivity index (χ1) is 12.3. The minimum absolute atomic E-state index is 0.156. The number of amides is 1. The molecule has 2 rings (SSSR count). The monoisotopic (exact) mass is 378 g/mol. The van der Waals surface area contributed by atoms with Crippen LogP contribution in [0.5, 0.6) is 11.5 Å².